The minimum absolute atomic E-state index is 0.0487. The first-order valence-electron chi connectivity index (χ1n) is 6.55. The minimum atomic E-state index is 0.0487. The van der Waals surface area contributed by atoms with E-state index in [1.807, 2.05) is 38.1 Å². The maximum Gasteiger partial charge on any atom is 0.224 e. The van der Waals surface area contributed by atoms with Gasteiger partial charge in [-0.25, -0.2) is 0 Å². The lowest BCUT2D eigenvalue weighted by Crippen LogP contribution is -2.33. The Hall–Kier alpha value is -1.35. The second-order valence-electron chi connectivity index (χ2n) is 4.65. The Morgan fingerprint density at radius 1 is 1.44 bits per heavy atom. The molecule has 0 aliphatic heterocycles. The molecule has 3 nitrogen and oxygen atoms in total. The molecule has 18 heavy (non-hydrogen) atoms. The first-order valence-corrected chi connectivity index (χ1v) is 6.55. The van der Waals surface area contributed by atoms with Crippen LogP contribution in [0.4, 0.5) is 0 Å². The van der Waals surface area contributed by atoms with E-state index in [1.54, 1.807) is 0 Å². The van der Waals surface area contributed by atoms with Gasteiger partial charge in [-0.1, -0.05) is 36.8 Å². The van der Waals surface area contributed by atoms with Crippen LogP contribution in [0.2, 0.25) is 0 Å². The molecule has 100 valence electrons. The number of aryl methyl sites for hydroxylation is 1. The van der Waals surface area contributed by atoms with E-state index in [-0.39, 0.29) is 12.0 Å². The van der Waals surface area contributed by atoms with E-state index in [1.165, 1.54) is 5.56 Å². The van der Waals surface area contributed by atoms with E-state index in [0.29, 0.717) is 13.0 Å². The number of hydrogen-bond acceptors (Lipinski definition) is 2. The normalized spacial score (nSPS) is 12.2. The van der Waals surface area contributed by atoms with E-state index in [4.69, 9.17) is 4.74 Å². The molecule has 0 aliphatic carbocycles. The maximum atomic E-state index is 11.7. The Bertz CT molecular complexity index is 377. The van der Waals surface area contributed by atoms with Crippen molar-refractivity contribution < 1.29 is 9.53 Å². The average molecular weight is 249 g/mol. The van der Waals surface area contributed by atoms with Crippen molar-refractivity contribution in [2.24, 2.45) is 0 Å². The van der Waals surface area contributed by atoms with Crippen molar-refractivity contribution in [3.63, 3.8) is 0 Å². The molecule has 1 atom stereocenters. The first-order chi connectivity index (χ1) is 8.61. The van der Waals surface area contributed by atoms with Gasteiger partial charge in [0, 0.05) is 13.2 Å². The molecule has 0 heterocycles. The molecule has 0 spiro atoms. The average Bonchev–Trinajstić information content (AvgIpc) is 2.34. The van der Waals surface area contributed by atoms with Crippen molar-refractivity contribution in [3.8, 4) is 0 Å². The summed E-state index contributed by atoms with van der Waals surface area (Å²) in [6, 6.07) is 8.02. The Morgan fingerprint density at radius 3 is 2.89 bits per heavy atom. The van der Waals surface area contributed by atoms with Gasteiger partial charge in [-0.3, -0.25) is 4.79 Å². The van der Waals surface area contributed by atoms with Gasteiger partial charge in [0.1, 0.15) is 0 Å². The van der Waals surface area contributed by atoms with E-state index >= 15 is 0 Å². The van der Waals surface area contributed by atoms with Gasteiger partial charge >= 0.3 is 0 Å². The Kier molecular flexibility index (Phi) is 6.44. The van der Waals surface area contributed by atoms with Crippen LogP contribution in [0, 0.1) is 6.92 Å². The highest BCUT2D eigenvalue weighted by Crippen LogP contribution is 2.04. The highest BCUT2D eigenvalue weighted by atomic mass is 16.5. The number of hydrogen-bond donors (Lipinski definition) is 1. The van der Waals surface area contributed by atoms with Crippen LogP contribution in [0.5, 0.6) is 0 Å². The molecule has 0 aliphatic rings. The van der Waals surface area contributed by atoms with Gasteiger partial charge < -0.3 is 10.1 Å². The van der Waals surface area contributed by atoms with Gasteiger partial charge in [-0.2, -0.15) is 0 Å². The highest BCUT2D eigenvalue weighted by Gasteiger charge is 2.06. The molecule has 0 radical (unpaired) electrons. The molecule has 0 saturated heterocycles. The van der Waals surface area contributed by atoms with Gasteiger partial charge in [-0.05, 0) is 25.8 Å². The molecule has 1 N–H and O–H groups in total. The van der Waals surface area contributed by atoms with Gasteiger partial charge in [0.2, 0.25) is 5.91 Å². The third-order valence-electron chi connectivity index (χ3n) is 2.64. The Labute approximate surface area is 110 Å². The monoisotopic (exact) mass is 249 g/mol. The molecular weight excluding hydrogens is 226 g/mol. The van der Waals surface area contributed by atoms with Crippen molar-refractivity contribution in [2.75, 3.05) is 13.2 Å². The predicted octanol–water partition coefficient (Wildman–Crippen LogP) is 2.47. The van der Waals surface area contributed by atoms with E-state index in [9.17, 15) is 4.79 Å². The topological polar surface area (TPSA) is 38.3 Å². The second kappa shape index (κ2) is 7.88. The molecular formula is C15H23NO2. The lowest BCUT2D eigenvalue weighted by molar-refractivity contribution is -0.121. The summed E-state index contributed by atoms with van der Waals surface area (Å²) >= 11 is 0. The van der Waals surface area contributed by atoms with Gasteiger partial charge in [-0.15, -0.1) is 0 Å². The van der Waals surface area contributed by atoms with Crippen molar-refractivity contribution in [1.82, 2.24) is 5.32 Å². The number of ether oxygens (including phenoxy) is 1. The van der Waals surface area contributed by atoms with Gasteiger partial charge in [0.15, 0.2) is 0 Å². The molecule has 1 aromatic carbocycles. The highest BCUT2D eigenvalue weighted by molar-refractivity contribution is 5.78. The van der Waals surface area contributed by atoms with Crippen molar-refractivity contribution in [1.29, 1.82) is 0 Å². The van der Waals surface area contributed by atoms with Gasteiger partial charge in [0.25, 0.3) is 0 Å². The van der Waals surface area contributed by atoms with Gasteiger partial charge in [0.05, 0.1) is 12.5 Å². The van der Waals surface area contributed by atoms with Crippen molar-refractivity contribution in [2.45, 2.75) is 39.7 Å². The largest absolute Gasteiger partial charge is 0.377 e. The smallest absolute Gasteiger partial charge is 0.224 e. The third kappa shape index (κ3) is 5.82. The minimum Gasteiger partial charge on any atom is -0.377 e. The molecule has 0 aromatic heterocycles. The fraction of sp³-hybridized carbons (Fsp3) is 0.533. The summed E-state index contributed by atoms with van der Waals surface area (Å²) in [4.78, 5) is 11.7. The zero-order valence-electron chi connectivity index (χ0n) is 11.5. The summed E-state index contributed by atoms with van der Waals surface area (Å²) < 4.78 is 5.50. The molecule has 0 fully saturated rings. The molecule has 0 bridgehead atoms. The third-order valence-corrected chi connectivity index (χ3v) is 2.64. The van der Waals surface area contributed by atoms with E-state index in [0.717, 1.165) is 18.6 Å². The summed E-state index contributed by atoms with van der Waals surface area (Å²) in [6.45, 7) is 7.40. The lowest BCUT2D eigenvalue weighted by Gasteiger charge is -2.13. The number of benzene rings is 1. The fourth-order valence-electron chi connectivity index (χ4n) is 1.71. The zero-order chi connectivity index (χ0) is 13.4. The van der Waals surface area contributed by atoms with E-state index in [2.05, 4.69) is 12.2 Å². The molecule has 3 heteroatoms. The summed E-state index contributed by atoms with van der Waals surface area (Å²) in [5.41, 5.74) is 2.23. The van der Waals surface area contributed by atoms with Crippen LogP contribution in [-0.4, -0.2) is 25.2 Å². The van der Waals surface area contributed by atoms with Crippen LogP contribution in [0.15, 0.2) is 24.3 Å². The first kappa shape index (κ1) is 14.7. The number of carbonyl (C=O) groups is 1. The van der Waals surface area contributed by atoms with Crippen LogP contribution < -0.4 is 5.32 Å². The molecule has 1 unspecified atom stereocenters. The maximum absolute atomic E-state index is 11.7. The quantitative estimate of drug-likeness (QED) is 0.806. The molecule has 1 aromatic rings. The van der Waals surface area contributed by atoms with E-state index < -0.39 is 0 Å². The van der Waals surface area contributed by atoms with Crippen LogP contribution >= 0.6 is 0 Å². The van der Waals surface area contributed by atoms with Crippen molar-refractivity contribution in [3.05, 3.63) is 35.4 Å². The standard InChI is InChI=1S/C15H23NO2/c1-4-8-18-13(3)11-16-15(17)10-14-7-5-6-12(2)9-14/h5-7,9,13H,4,8,10-11H2,1-3H3,(H,16,17). The van der Waals surface area contributed by atoms with Crippen LogP contribution in [0.25, 0.3) is 0 Å². The molecule has 1 rings (SSSR count). The van der Waals surface area contributed by atoms with Crippen LogP contribution in [-0.2, 0) is 16.0 Å². The summed E-state index contributed by atoms with van der Waals surface area (Å²) in [5.74, 6) is 0.0487. The second-order valence-corrected chi connectivity index (χ2v) is 4.65. The fourth-order valence-corrected chi connectivity index (χ4v) is 1.71. The summed E-state index contributed by atoms with van der Waals surface area (Å²) in [6.07, 6.45) is 1.51. The molecule has 0 saturated carbocycles. The summed E-state index contributed by atoms with van der Waals surface area (Å²) in [7, 11) is 0. The number of rotatable bonds is 7. The van der Waals surface area contributed by atoms with Crippen molar-refractivity contribution >= 4 is 5.91 Å². The number of amides is 1. The number of carbonyl (C=O) groups excluding carboxylic acids is 1. The number of nitrogens with one attached hydrogen (secondary N) is 1. The Balaban J connectivity index is 2.29. The lowest BCUT2D eigenvalue weighted by atomic mass is 10.1. The molecule has 1 amide bonds. The zero-order valence-corrected chi connectivity index (χ0v) is 11.5. The van der Waals surface area contributed by atoms with Crippen LogP contribution in [0.3, 0.4) is 0 Å². The summed E-state index contributed by atoms with van der Waals surface area (Å²) in [5, 5.41) is 2.90. The predicted molar refractivity (Wildman–Crippen MR) is 73.6 cm³/mol. The SMILES string of the molecule is CCCOC(C)CNC(=O)Cc1cccc(C)c1. The Morgan fingerprint density at radius 2 is 2.22 bits per heavy atom. The van der Waals surface area contributed by atoms with Crippen LogP contribution in [0.1, 0.15) is 31.4 Å².